The summed E-state index contributed by atoms with van der Waals surface area (Å²) in [5, 5.41) is 3.57. The maximum absolute atomic E-state index is 5.76. The molecule has 0 fully saturated rings. The molecule has 3 heteroatoms. The van der Waals surface area contributed by atoms with Gasteiger partial charge in [-0.25, -0.2) is 0 Å². The van der Waals surface area contributed by atoms with Crippen LogP contribution in [0.4, 0.5) is 5.69 Å². The maximum Gasteiger partial charge on any atom is 0.119 e. The lowest BCUT2D eigenvalue weighted by Crippen LogP contribution is -2.30. The zero-order chi connectivity index (χ0) is 13.2. The zero-order valence-electron chi connectivity index (χ0n) is 11.0. The number of hydrogen-bond acceptors (Lipinski definition) is 3. The highest BCUT2D eigenvalue weighted by atomic mass is 16.5. The van der Waals surface area contributed by atoms with Gasteiger partial charge in [0.2, 0.25) is 0 Å². The number of hydrogen-bond donors (Lipinski definition) is 2. The Bertz CT molecular complexity index is 578. The standard InChI is InChI=1S/C16H18N2O/c1-19-14-7-4-11-8-9-18-16(15(11)10-14)12-2-5-13(17)6-3-12/h2-7,10,16,18H,8-9,17H2,1H3. The van der Waals surface area contributed by atoms with Gasteiger partial charge in [0, 0.05) is 12.2 Å². The Balaban J connectivity index is 2.03. The molecule has 1 unspecified atom stereocenters. The van der Waals surface area contributed by atoms with Crippen LogP contribution in [0.2, 0.25) is 0 Å². The first kappa shape index (κ1) is 12.1. The molecule has 0 spiro atoms. The molecule has 1 heterocycles. The minimum Gasteiger partial charge on any atom is -0.497 e. The van der Waals surface area contributed by atoms with Gasteiger partial charge in [-0.15, -0.1) is 0 Å². The van der Waals surface area contributed by atoms with E-state index >= 15 is 0 Å². The van der Waals surface area contributed by atoms with Crippen LogP contribution in [0.15, 0.2) is 42.5 Å². The van der Waals surface area contributed by atoms with Crippen LogP contribution >= 0.6 is 0 Å². The van der Waals surface area contributed by atoms with E-state index in [9.17, 15) is 0 Å². The molecule has 2 aromatic rings. The van der Waals surface area contributed by atoms with Crippen molar-refractivity contribution in [1.29, 1.82) is 0 Å². The minimum absolute atomic E-state index is 0.222. The molecular weight excluding hydrogens is 236 g/mol. The van der Waals surface area contributed by atoms with Crippen molar-refractivity contribution in [2.24, 2.45) is 0 Å². The first-order valence-corrected chi connectivity index (χ1v) is 6.53. The largest absolute Gasteiger partial charge is 0.497 e. The van der Waals surface area contributed by atoms with Crippen molar-refractivity contribution in [3.63, 3.8) is 0 Å². The lowest BCUT2D eigenvalue weighted by atomic mass is 9.89. The third-order valence-corrected chi connectivity index (χ3v) is 3.68. The number of nitrogens with one attached hydrogen (secondary N) is 1. The van der Waals surface area contributed by atoms with E-state index < -0.39 is 0 Å². The Hall–Kier alpha value is -2.00. The van der Waals surface area contributed by atoms with Gasteiger partial charge in [-0.1, -0.05) is 18.2 Å². The fraction of sp³-hybridized carbons (Fsp3) is 0.250. The predicted octanol–water partition coefficient (Wildman–Crippen LogP) is 2.51. The summed E-state index contributed by atoms with van der Waals surface area (Å²) in [5.41, 5.74) is 10.5. The van der Waals surface area contributed by atoms with Crippen molar-refractivity contribution in [1.82, 2.24) is 5.32 Å². The molecule has 0 aliphatic carbocycles. The first-order chi connectivity index (χ1) is 9.28. The third-order valence-electron chi connectivity index (χ3n) is 3.68. The number of nitrogens with two attached hydrogens (primary N) is 1. The average Bonchev–Trinajstić information content (AvgIpc) is 2.47. The molecule has 2 aromatic carbocycles. The van der Waals surface area contributed by atoms with Crippen LogP contribution in [0.1, 0.15) is 22.7 Å². The summed E-state index contributed by atoms with van der Waals surface area (Å²) < 4.78 is 5.34. The van der Waals surface area contributed by atoms with Crippen molar-refractivity contribution in [2.45, 2.75) is 12.5 Å². The summed E-state index contributed by atoms with van der Waals surface area (Å²) >= 11 is 0. The number of fused-ring (bicyclic) bond motifs is 1. The van der Waals surface area contributed by atoms with E-state index in [-0.39, 0.29) is 6.04 Å². The summed E-state index contributed by atoms with van der Waals surface area (Å²) in [7, 11) is 1.70. The van der Waals surface area contributed by atoms with E-state index in [1.807, 2.05) is 18.2 Å². The second kappa shape index (κ2) is 4.94. The molecule has 19 heavy (non-hydrogen) atoms. The number of anilines is 1. The topological polar surface area (TPSA) is 47.3 Å². The second-order valence-electron chi connectivity index (χ2n) is 4.87. The van der Waals surface area contributed by atoms with E-state index in [4.69, 9.17) is 10.5 Å². The monoisotopic (exact) mass is 254 g/mol. The number of benzene rings is 2. The van der Waals surface area contributed by atoms with Crippen LogP contribution in [0.5, 0.6) is 5.75 Å². The van der Waals surface area contributed by atoms with Crippen molar-refractivity contribution >= 4 is 5.69 Å². The maximum atomic E-state index is 5.76. The van der Waals surface area contributed by atoms with Crippen LogP contribution in [-0.4, -0.2) is 13.7 Å². The smallest absolute Gasteiger partial charge is 0.119 e. The van der Waals surface area contributed by atoms with Gasteiger partial charge < -0.3 is 15.8 Å². The van der Waals surface area contributed by atoms with Crippen molar-refractivity contribution < 1.29 is 4.74 Å². The molecule has 0 aromatic heterocycles. The highest BCUT2D eigenvalue weighted by Gasteiger charge is 2.21. The molecule has 3 nitrogen and oxygen atoms in total. The van der Waals surface area contributed by atoms with Crippen molar-refractivity contribution in [3.8, 4) is 5.75 Å². The van der Waals surface area contributed by atoms with Crippen LogP contribution in [0.25, 0.3) is 0 Å². The molecule has 3 rings (SSSR count). The van der Waals surface area contributed by atoms with Gasteiger partial charge in [-0.3, -0.25) is 0 Å². The second-order valence-corrected chi connectivity index (χ2v) is 4.87. The Kier molecular flexibility index (Phi) is 3.13. The Morgan fingerprint density at radius 3 is 2.68 bits per heavy atom. The van der Waals surface area contributed by atoms with E-state index in [1.165, 1.54) is 16.7 Å². The quantitative estimate of drug-likeness (QED) is 0.810. The van der Waals surface area contributed by atoms with Gasteiger partial charge in [-0.05, 0) is 47.4 Å². The zero-order valence-corrected chi connectivity index (χ0v) is 11.0. The Morgan fingerprint density at radius 1 is 1.16 bits per heavy atom. The molecule has 1 aliphatic rings. The Morgan fingerprint density at radius 2 is 1.95 bits per heavy atom. The molecule has 0 bridgehead atoms. The lowest BCUT2D eigenvalue weighted by molar-refractivity contribution is 0.412. The summed E-state index contributed by atoms with van der Waals surface area (Å²) in [6.45, 7) is 0.994. The van der Waals surface area contributed by atoms with E-state index in [0.717, 1.165) is 24.4 Å². The average molecular weight is 254 g/mol. The van der Waals surface area contributed by atoms with Gasteiger partial charge in [0.15, 0.2) is 0 Å². The van der Waals surface area contributed by atoms with Gasteiger partial charge >= 0.3 is 0 Å². The van der Waals surface area contributed by atoms with Gasteiger partial charge in [0.05, 0.1) is 13.2 Å². The fourth-order valence-electron chi connectivity index (χ4n) is 2.64. The third kappa shape index (κ3) is 2.29. The molecule has 0 amide bonds. The number of methoxy groups -OCH3 is 1. The van der Waals surface area contributed by atoms with Crippen LogP contribution < -0.4 is 15.8 Å². The highest BCUT2D eigenvalue weighted by molar-refractivity contribution is 5.47. The normalized spacial score (nSPS) is 17.8. The molecule has 0 saturated carbocycles. The molecule has 1 atom stereocenters. The van der Waals surface area contributed by atoms with Gasteiger partial charge in [-0.2, -0.15) is 0 Å². The van der Waals surface area contributed by atoms with Crippen LogP contribution in [-0.2, 0) is 6.42 Å². The molecule has 98 valence electrons. The molecular formula is C16H18N2O. The Labute approximate surface area is 113 Å². The predicted molar refractivity (Wildman–Crippen MR) is 77.4 cm³/mol. The summed E-state index contributed by atoms with van der Waals surface area (Å²) in [6, 6.07) is 14.6. The van der Waals surface area contributed by atoms with E-state index in [0.29, 0.717) is 0 Å². The van der Waals surface area contributed by atoms with E-state index in [1.54, 1.807) is 7.11 Å². The van der Waals surface area contributed by atoms with Crippen molar-refractivity contribution in [2.75, 3.05) is 19.4 Å². The van der Waals surface area contributed by atoms with Gasteiger partial charge in [0.25, 0.3) is 0 Å². The lowest BCUT2D eigenvalue weighted by Gasteiger charge is -2.28. The van der Waals surface area contributed by atoms with Crippen LogP contribution in [0.3, 0.4) is 0 Å². The summed E-state index contributed by atoms with van der Waals surface area (Å²) in [5.74, 6) is 0.905. The van der Waals surface area contributed by atoms with Crippen molar-refractivity contribution in [3.05, 3.63) is 59.2 Å². The summed E-state index contributed by atoms with van der Waals surface area (Å²) in [6.07, 6.45) is 1.06. The fourth-order valence-corrected chi connectivity index (χ4v) is 2.64. The highest BCUT2D eigenvalue weighted by Crippen LogP contribution is 2.31. The SMILES string of the molecule is COc1ccc2c(c1)C(c1ccc(N)cc1)NCC2. The number of nitrogen functional groups attached to an aromatic ring is 1. The summed E-state index contributed by atoms with van der Waals surface area (Å²) in [4.78, 5) is 0. The molecule has 1 aliphatic heterocycles. The molecule has 0 radical (unpaired) electrons. The van der Waals surface area contributed by atoms with E-state index in [2.05, 4.69) is 29.6 Å². The first-order valence-electron chi connectivity index (χ1n) is 6.53. The van der Waals surface area contributed by atoms with Gasteiger partial charge in [0.1, 0.15) is 5.75 Å². The minimum atomic E-state index is 0.222. The van der Waals surface area contributed by atoms with Crippen LogP contribution in [0, 0.1) is 0 Å². The molecule has 3 N–H and O–H groups in total. The number of ether oxygens (including phenoxy) is 1. The number of rotatable bonds is 2. The molecule has 0 saturated heterocycles.